The summed E-state index contributed by atoms with van der Waals surface area (Å²) in [6, 6.07) is 0.577. The topological polar surface area (TPSA) is 33.3 Å². The third kappa shape index (κ3) is 6.22. The van der Waals surface area contributed by atoms with Crippen molar-refractivity contribution in [2.75, 3.05) is 31.8 Å². The number of thiocarbonyl (C=S) groups is 1. The van der Waals surface area contributed by atoms with Gasteiger partial charge in [-0.25, -0.2) is 0 Å². The molecule has 0 aromatic carbocycles. The van der Waals surface area contributed by atoms with Crippen LogP contribution < -0.4 is 10.6 Å². The first-order valence-corrected chi connectivity index (χ1v) is 7.00. The van der Waals surface area contributed by atoms with Gasteiger partial charge in [0.1, 0.15) is 0 Å². The average molecular weight is 248 g/mol. The van der Waals surface area contributed by atoms with Gasteiger partial charge >= 0.3 is 0 Å². The Morgan fingerprint density at radius 2 is 2.20 bits per heavy atom. The molecular formula is C10H20N2OS2. The minimum atomic E-state index is 0.577. The van der Waals surface area contributed by atoms with Gasteiger partial charge in [0.05, 0.1) is 0 Å². The molecule has 88 valence electrons. The van der Waals surface area contributed by atoms with E-state index in [2.05, 4.69) is 10.6 Å². The summed E-state index contributed by atoms with van der Waals surface area (Å²) >= 11 is 7.24. The van der Waals surface area contributed by atoms with Gasteiger partial charge in [-0.1, -0.05) is 0 Å². The molecular weight excluding hydrogens is 228 g/mol. The molecule has 1 rings (SSSR count). The van der Waals surface area contributed by atoms with Gasteiger partial charge in [0.2, 0.25) is 0 Å². The van der Waals surface area contributed by atoms with Gasteiger partial charge in [-0.15, -0.1) is 0 Å². The zero-order valence-electron chi connectivity index (χ0n) is 9.25. The zero-order valence-corrected chi connectivity index (χ0v) is 10.9. The van der Waals surface area contributed by atoms with Crippen molar-refractivity contribution in [3.63, 3.8) is 0 Å². The van der Waals surface area contributed by atoms with Crippen LogP contribution in [0.2, 0.25) is 0 Å². The first-order valence-electron chi connectivity index (χ1n) is 5.44. The van der Waals surface area contributed by atoms with Gasteiger partial charge in [0.15, 0.2) is 5.11 Å². The first-order chi connectivity index (χ1) is 7.33. The van der Waals surface area contributed by atoms with Crippen molar-refractivity contribution in [3.05, 3.63) is 0 Å². The molecule has 0 amide bonds. The molecule has 1 saturated heterocycles. The molecule has 0 radical (unpaired) electrons. The molecule has 0 saturated carbocycles. The number of hydrogen-bond donors (Lipinski definition) is 2. The van der Waals surface area contributed by atoms with Crippen LogP contribution in [0.1, 0.15) is 19.3 Å². The summed E-state index contributed by atoms with van der Waals surface area (Å²) in [5.74, 6) is 2.51. The average Bonchev–Trinajstić information content (AvgIpc) is 2.26. The van der Waals surface area contributed by atoms with E-state index in [1.54, 1.807) is 7.11 Å². The summed E-state index contributed by atoms with van der Waals surface area (Å²) in [7, 11) is 1.72. The Morgan fingerprint density at radius 3 is 2.87 bits per heavy atom. The fraction of sp³-hybridized carbons (Fsp3) is 0.900. The lowest BCUT2D eigenvalue weighted by Gasteiger charge is -2.24. The third-order valence-corrected chi connectivity index (χ3v) is 3.68. The predicted molar refractivity (Wildman–Crippen MR) is 70.6 cm³/mol. The Labute approximate surface area is 102 Å². The molecule has 0 aromatic rings. The molecule has 3 nitrogen and oxygen atoms in total. The van der Waals surface area contributed by atoms with Crippen LogP contribution in [-0.2, 0) is 4.74 Å². The van der Waals surface area contributed by atoms with E-state index in [1.807, 2.05) is 11.8 Å². The first kappa shape index (κ1) is 13.1. The van der Waals surface area contributed by atoms with E-state index in [-0.39, 0.29) is 0 Å². The lowest BCUT2D eigenvalue weighted by atomic mass is 10.2. The molecule has 1 aliphatic rings. The molecule has 1 heterocycles. The molecule has 0 spiro atoms. The molecule has 0 bridgehead atoms. The molecule has 1 fully saturated rings. The molecule has 0 aliphatic carbocycles. The van der Waals surface area contributed by atoms with Crippen molar-refractivity contribution in [2.45, 2.75) is 25.3 Å². The highest BCUT2D eigenvalue weighted by molar-refractivity contribution is 7.99. The van der Waals surface area contributed by atoms with Crippen LogP contribution in [-0.4, -0.2) is 42.9 Å². The number of methoxy groups -OCH3 is 1. The van der Waals surface area contributed by atoms with Gasteiger partial charge in [-0.2, -0.15) is 11.8 Å². The second-order valence-electron chi connectivity index (χ2n) is 3.63. The second-order valence-corrected chi connectivity index (χ2v) is 5.27. The van der Waals surface area contributed by atoms with Crippen LogP contribution >= 0.6 is 24.0 Å². The zero-order chi connectivity index (χ0) is 10.9. The summed E-state index contributed by atoms with van der Waals surface area (Å²) in [5.41, 5.74) is 0. The monoisotopic (exact) mass is 248 g/mol. The van der Waals surface area contributed by atoms with Crippen LogP contribution in [0.4, 0.5) is 0 Å². The standard InChI is InChI=1S/C10H20N2OS2/c1-13-6-2-5-11-10(14)12-9-3-7-15-8-4-9/h9H,2-8H2,1H3,(H2,11,12,14). The Bertz CT molecular complexity index is 184. The van der Waals surface area contributed by atoms with Crippen LogP contribution in [0.3, 0.4) is 0 Å². The van der Waals surface area contributed by atoms with Crippen LogP contribution in [0.15, 0.2) is 0 Å². The lowest BCUT2D eigenvalue weighted by molar-refractivity contribution is 0.195. The Hall–Kier alpha value is 0. The number of hydrogen-bond acceptors (Lipinski definition) is 3. The van der Waals surface area contributed by atoms with Gasteiger partial charge < -0.3 is 15.4 Å². The van der Waals surface area contributed by atoms with Gasteiger partial charge in [-0.05, 0) is 43.0 Å². The minimum Gasteiger partial charge on any atom is -0.385 e. The van der Waals surface area contributed by atoms with Crippen molar-refractivity contribution >= 4 is 29.1 Å². The van der Waals surface area contributed by atoms with Gasteiger partial charge in [-0.3, -0.25) is 0 Å². The van der Waals surface area contributed by atoms with Crippen LogP contribution in [0, 0.1) is 0 Å². The maximum atomic E-state index is 5.21. The SMILES string of the molecule is COCCCNC(=S)NC1CCSCC1. The predicted octanol–water partition coefficient (Wildman–Crippen LogP) is 1.38. The van der Waals surface area contributed by atoms with E-state index in [0.29, 0.717) is 6.04 Å². The van der Waals surface area contributed by atoms with Crippen molar-refractivity contribution < 1.29 is 4.74 Å². The lowest BCUT2D eigenvalue weighted by Crippen LogP contribution is -2.43. The Morgan fingerprint density at radius 1 is 1.47 bits per heavy atom. The van der Waals surface area contributed by atoms with Crippen molar-refractivity contribution in [1.82, 2.24) is 10.6 Å². The normalized spacial score (nSPS) is 17.4. The highest BCUT2D eigenvalue weighted by Gasteiger charge is 2.13. The Kier molecular flexibility index (Phi) is 7.13. The molecule has 1 aliphatic heterocycles. The molecule has 0 aromatic heterocycles. The van der Waals surface area contributed by atoms with E-state index in [4.69, 9.17) is 17.0 Å². The van der Waals surface area contributed by atoms with Gasteiger partial charge in [0.25, 0.3) is 0 Å². The smallest absolute Gasteiger partial charge is 0.166 e. The largest absolute Gasteiger partial charge is 0.385 e. The quantitative estimate of drug-likeness (QED) is 0.567. The number of thioether (sulfide) groups is 1. The second kappa shape index (κ2) is 8.19. The number of rotatable bonds is 5. The van der Waals surface area contributed by atoms with Crippen molar-refractivity contribution in [3.8, 4) is 0 Å². The van der Waals surface area contributed by atoms with E-state index in [9.17, 15) is 0 Å². The van der Waals surface area contributed by atoms with Crippen molar-refractivity contribution in [1.29, 1.82) is 0 Å². The maximum absolute atomic E-state index is 5.21. The maximum Gasteiger partial charge on any atom is 0.166 e. The van der Waals surface area contributed by atoms with Gasteiger partial charge in [0, 0.05) is 26.3 Å². The van der Waals surface area contributed by atoms with E-state index in [1.165, 1.54) is 24.3 Å². The highest BCUT2D eigenvalue weighted by atomic mass is 32.2. The summed E-state index contributed by atoms with van der Waals surface area (Å²) < 4.78 is 4.97. The fourth-order valence-corrected chi connectivity index (χ4v) is 2.87. The highest BCUT2D eigenvalue weighted by Crippen LogP contribution is 2.16. The summed E-state index contributed by atoms with van der Waals surface area (Å²) in [6.45, 7) is 1.68. The molecule has 2 N–H and O–H groups in total. The summed E-state index contributed by atoms with van der Waals surface area (Å²) in [4.78, 5) is 0. The van der Waals surface area contributed by atoms with Crippen molar-refractivity contribution in [2.24, 2.45) is 0 Å². The number of nitrogens with one attached hydrogen (secondary N) is 2. The van der Waals surface area contributed by atoms with Crippen LogP contribution in [0.25, 0.3) is 0 Å². The summed E-state index contributed by atoms with van der Waals surface area (Å²) in [6.07, 6.45) is 3.45. The van der Waals surface area contributed by atoms with E-state index < -0.39 is 0 Å². The molecule has 0 atom stereocenters. The Balaban J connectivity index is 2.01. The summed E-state index contributed by atoms with van der Waals surface area (Å²) in [5, 5.41) is 7.35. The molecule has 0 unspecified atom stereocenters. The number of ether oxygens (including phenoxy) is 1. The molecule has 5 heteroatoms. The van der Waals surface area contributed by atoms with E-state index in [0.717, 1.165) is 24.7 Å². The minimum absolute atomic E-state index is 0.577. The fourth-order valence-electron chi connectivity index (χ4n) is 1.50. The van der Waals surface area contributed by atoms with E-state index >= 15 is 0 Å². The molecule has 15 heavy (non-hydrogen) atoms. The third-order valence-electron chi connectivity index (χ3n) is 2.37. The van der Waals surface area contributed by atoms with Crippen LogP contribution in [0.5, 0.6) is 0 Å².